The summed E-state index contributed by atoms with van der Waals surface area (Å²) in [5, 5.41) is 7.00. The fraction of sp³-hybridized carbons (Fsp3) is 0.643. The molecule has 0 bridgehead atoms. The largest absolute Gasteiger partial charge is 0.467 e. The molecule has 1 aliphatic heterocycles. The minimum atomic E-state index is -1.49. The maximum absolute atomic E-state index is 12.1. The number of carbonyl (C=O) groups is 4. The molecule has 0 aliphatic carbocycles. The van der Waals surface area contributed by atoms with E-state index in [2.05, 4.69) is 4.74 Å². The predicted octanol–water partition coefficient (Wildman–Crippen LogP) is -0.694. The van der Waals surface area contributed by atoms with E-state index in [0.29, 0.717) is 11.8 Å². The summed E-state index contributed by atoms with van der Waals surface area (Å²) in [4.78, 5) is 46.5. The molecular formula is C14H20N2O9S. The third-order valence-electron chi connectivity index (χ3n) is 3.08. The fourth-order valence-corrected chi connectivity index (χ4v) is 3.07. The smallest absolute Gasteiger partial charge is 0.339 e. The first kappa shape index (κ1) is 21.7. The van der Waals surface area contributed by atoms with Crippen molar-refractivity contribution in [2.24, 2.45) is 5.73 Å². The zero-order valence-electron chi connectivity index (χ0n) is 14.5. The van der Waals surface area contributed by atoms with E-state index in [9.17, 15) is 19.2 Å². The molecule has 5 atom stereocenters. The minimum absolute atomic E-state index is 0.400. The molecule has 26 heavy (non-hydrogen) atoms. The number of rotatable bonds is 5. The van der Waals surface area contributed by atoms with Crippen LogP contribution in [-0.2, 0) is 42.9 Å². The molecule has 0 spiro atoms. The van der Waals surface area contributed by atoms with Gasteiger partial charge in [-0.1, -0.05) is 11.8 Å². The van der Waals surface area contributed by atoms with Crippen molar-refractivity contribution in [2.75, 3.05) is 7.11 Å². The Balaban J connectivity index is 3.37. The molecule has 0 amide bonds. The molecule has 1 saturated heterocycles. The quantitative estimate of drug-likeness (QED) is 0.263. The first-order valence-electron chi connectivity index (χ1n) is 7.32. The van der Waals surface area contributed by atoms with Crippen molar-refractivity contribution in [1.82, 2.24) is 0 Å². The van der Waals surface area contributed by atoms with Gasteiger partial charge in [0.15, 0.2) is 35.0 Å². The van der Waals surface area contributed by atoms with Crippen LogP contribution in [0.2, 0.25) is 0 Å². The normalized spacial score (nSPS) is 27.8. The highest BCUT2D eigenvalue weighted by molar-refractivity contribution is 8.14. The van der Waals surface area contributed by atoms with Gasteiger partial charge in [-0.05, 0) is 0 Å². The summed E-state index contributed by atoms with van der Waals surface area (Å²) in [6.07, 6.45) is -5.60. The summed E-state index contributed by atoms with van der Waals surface area (Å²) < 4.78 is 25.5. The van der Waals surface area contributed by atoms with Crippen molar-refractivity contribution in [3.63, 3.8) is 0 Å². The topological polar surface area (TPSA) is 164 Å². The van der Waals surface area contributed by atoms with Crippen LogP contribution in [0.4, 0.5) is 0 Å². The first-order valence-corrected chi connectivity index (χ1v) is 8.20. The number of hydrogen-bond acceptors (Lipinski definition) is 11. The molecule has 11 nitrogen and oxygen atoms in total. The Hall–Kier alpha value is -2.34. The summed E-state index contributed by atoms with van der Waals surface area (Å²) in [6, 6.07) is 0. The van der Waals surface area contributed by atoms with Crippen LogP contribution in [0.1, 0.15) is 20.8 Å². The number of carbonyl (C=O) groups excluding carboxylic acids is 4. The Morgan fingerprint density at radius 2 is 1.38 bits per heavy atom. The van der Waals surface area contributed by atoms with E-state index in [4.69, 9.17) is 30.1 Å². The Labute approximate surface area is 153 Å². The molecule has 0 saturated carbocycles. The Bertz CT molecular complexity index is 597. The highest BCUT2D eigenvalue weighted by Crippen LogP contribution is 2.34. The van der Waals surface area contributed by atoms with Crippen molar-refractivity contribution in [1.29, 1.82) is 5.41 Å². The maximum Gasteiger partial charge on any atom is 0.339 e. The standard InChI is InChI=1S/C14H20N2O9S/c1-5(17)22-8-9(23-6(2)18)11(24-7(3)19)13(26-14(15)16)25-10(8)12(20)21-4/h8-11,13H,1-4H3,(H3,15,16)/t8-,9+,10+,11+,13+/m0/s1. The summed E-state index contributed by atoms with van der Waals surface area (Å²) in [5.74, 6) is -3.22. The number of hydrogen-bond donors (Lipinski definition) is 2. The van der Waals surface area contributed by atoms with Gasteiger partial charge in [-0.2, -0.15) is 0 Å². The van der Waals surface area contributed by atoms with Crippen LogP contribution in [0.5, 0.6) is 0 Å². The number of nitrogens with one attached hydrogen (secondary N) is 1. The SMILES string of the molecule is COC(=O)[C@@H]1O[C@H](SC(=N)N)[C@H](OC(C)=O)[C@H](OC(C)=O)[C@@H]1OC(C)=O. The summed E-state index contributed by atoms with van der Waals surface area (Å²) in [7, 11) is 1.09. The summed E-state index contributed by atoms with van der Waals surface area (Å²) in [6.45, 7) is 3.27. The summed E-state index contributed by atoms with van der Waals surface area (Å²) >= 11 is 0.631. The number of methoxy groups -OCH3 is 1. The molecular weight excluding hydrogens is 372 g/mol. The highest BCUT2D eigenvalue weighted by Gasteiger charge is 2.55. The van der Waals surface area contributed by atoms with E-state index < -0.39 is 58.9 Å². The molecule has 3 N–H and O–H groups in total. The average Bonchev–Trinajstić information content (AvgIpc) is 2.50. The van der Waals surface area contributed by atoms with Gasteiger partial charge in [0.1, 0.15) is 0 Å². The zero-order chi connectivity index (χ0) is 20.0. The van der Waals surface area contributed by atoms with Crippen molar-refractivity contribution >= 4 is 40.8 Å². The lowest BCUT2D eigenvalue weighted by atomic mass is 9.99. The van der Waals surface area contributed by atoms with Gasteiger partial charge in [0, 0.05) is 20.8 Å². The number of amidine groups is 1. The predicted molar refractivity (Wildman–Crippen MR) is 86.8 cm³/mol. The molecule has 0 aromatic carbocycles. The fourth-order valence-electron chi connectivity index (χ4n) is 2.30. The number of nitrogens with two attached hydrogens (primary N) is 1. The van der Waals surface area contributed by atoms with E-state index in [0.717, 1.165) is 27.9 Å². The van der Waals surface area contributed by atoms with Crippen molar-refractivity contribution in [3.05, 3.63) is 0 Å². The van der Waals surface area contributed by atoms with Gasteiger partial charge in [0.25, 0.3) is 0 Å². The molecule has 0 aromatic heterocycles. The second kappa shape index (κ2) is 9.38. The van der Waals surface area contributed by atoms with Crippen LogP contribution in [-0.4, -0.2) is 66.0 Å². The lowest BCUT2D eigenvalue weighted by Gasteiger charge is -2.43. The molecule has 0 radical (unpaired) electrons. The van der Waals surface area contributed by atoms with E-state index >= 15 is 0 Å². The number of ether oxygens (including phenoxy) is 5. The van der Waals surface area contributed by atoms with Crippen molar-refractivity contribution < 1.29 is 42.9 Å². The van der Waals surface area contributed by atoms with Crippen molar-refractivity contribution in [3.8, 4) is 0 Å². The summed E-state index contributed by atoms with van der Waals surface area (Å²) in [5.41, 5.74) is 4.17. The van der Waals surface area contributed by atoms with Crippen LogP contribution in [0.25, 0.3) is 0 Å². The van der Waals surface area contributed by atoms with Crippen molar-refractivity contribution in [2.45, 2.75) is 50.6 Å². The van der Waals surface area contributed by atoms with Gasteiger partial charge >= 0.3 is 23.9 Å². The Morgan fingerprint density at radius 1 is 0.923 bits per heavy atom. The first-order chi connectivity index (χ1) is 12.1. The molecule has 12 heteroatoms. The van der Waals surface area contributed by atoms with E-state index in [1.807, 2.05) is 0 Å². The molecule has 1 heterocycles. The highest BCUT2D eigenvalue weighted by atomic mass is 32.2. The van der Waals surface area contributed by atoms with Gasteiger partial charge in [0.2, 0.25) is 0 Å². The van der Waals surface area contributed by atoms with Crippen LogP contribution in [0, 0.1) is 5.41 Å². The van der Waals surface area contributed by atoms with Crippen LogP contribution in [0.15, 0.2) is 0 Å². The molecule has 0 unspecified atom stereocenters. The Kier molecular flexibility index (Phi) is 7.83. The minimum Gasteiger partial charge on any atom is -0.467 e. The second-order valence-corrected chi connectivity index (χ2v) is 6.29. The molecule has 1 rings (SSSR count). The molecule has 1 fully saturated rings. The monoisotopic (exact) mass is 392 g/mol. The van der Waals surface area contributed by atoms with E-state index in [-0.39, 0.29) is 0 Å². The van der Waals surface area contributed by atoms with Gasteiger partial charge in [-0.25, -0.2) is 4.79 Å². The third kappa shape index (κ3) is 5.88. The van der Waals surface area contributed by atoms with Crippen LogP contribution < -0.4 is 5.73 Å². The van der Waals surface area contributed by atoms with E-state index in [1.165, 1.54) is 0 Å². The van der Waals surface area contributed by atoms with E-state index in [1.54, 1.807) is 0 Å². The molecule has 1 aliphatic rings. The molecule has 146 valence electrons. The zero-order valence-corrected chi connectivity index (χ0v) is 15.4. The van der Waals surface area contributed by atoms with Crippen LogP contribution >= 0.6 is 11.8 Å². The number of esters is 4. The third-order valence-corrected chi connectivity index (χ3v) is 3.94. The van der Waals surface area contributed by atoms with Gasteiger partial charge < -0.3 is 29.4 Å². The lowest BCUT2D eigenvalue weighted by molar-refractivity contribution is -0.234. The number of thioether (sulfide) groups is 1. The Morgan fingerprint density at radius 3 is 1.81 bits per heavy atom. The lowest BCUT2D eigenvalue weighted by Crippen LogP contribution is -2.62. The average molecular weight is 392 g/mol. The second-order valence-electron chi connectivity index (χ2n) is 5.15. The van der Waals surface area contributed by atoms with Gasteiger partial charge in [-0.15, -0.1) is 0 Å². The maximum atomic E-state index is 12.1. The van der Waals surface area contributed by atoms with Crippen LogP contribution in [0.3, 0.4) is 0 Å². The van der Waals surface area contributed by atoms with Gasteiger partial charge in [0.05, 0.1) is 7.11 Å². The molecule has 0 aromatic rings. The van der Waals surface area contributed by atoms with Gasteiger partial charge in [-0.3, -0.25) is 19.8 Å².